The van der Waals surface area contributed by atoms with Crippen molar-refractivity contribution in [1.82, 2.24) is 0 Å². The molecule has 6 nitrogen and oxygen atoms in total. The van der Waals surface area contributed by atoms with E-state index < -0.39 is 6.10 Å². The van der Waals surface area contributed by atoms with Crippen molar-refractivity contribution in [2.24, 2.45) is 17.8 Å². The predicted molar refractivity (Wildman–Crippen MR) is 275 cm³/mol. The highest BCUT2D eigenvalue weighted by Gasteiger charge is 2.19. The minimum Gasteiger partial charge on any atom is -0.462 e. The Labute approximate surface area is 399 Å². The van der Waals surface area contributed by atoms with E-state index in [-0.39, 0.29) is 31.1 Å². The number of unbranched alkanes of at least 4 members (excludes halogenated alkanes) is 33. The fraction of sp³-hybridized carbons (Fsp3) is 0.948. The summed E-state index contributed by atoms with van der Waals surface area (Å²) in [7, 11) is 0. The molecule has 1 unspecified atom stereocenters. The average molecular weight is 906 g/mol. The van der Waals surface area contributed by atoms with E-state index in [1.54, 1.807) is 0 Å². The summed E-state index contributed by atoms with van der Waals surface area (Å²) in [6.45, 7) is 13.8. The van der Waals surface area contributed by atoms with Gasteiger partial charge in [-0.3, -0.25) is 14.4 Å². The van der Waals surface area contributed by atoms with Crippen molar-refractivity contribution in [3.8, 4) is 0 Å². The number of carbonyl (C=O) groups excluding carboxylic acids is 3. The highest BCUT2D eigenvalue weighted by molar-refractivity contribution is 5.71. The first-order valence-corrected chi connectivity index (χ1v) is 28.6. The lowest BCUT2D eigenvalue weighted by Crippen LogP contribution is -2.30. The Kier molecular flexibility index (Phi) is 48.1. The van der Waals surface area contributed by atoms with Gasteiger partial charge in [0.2, 0.25) is 0 Å². The maximum Gasteiger partial charge on any atom is 0.306 e. The third kappa shape index (κ3) is 49.8. The summed E-state index contributed by atoms with van der Waals surface area (Å²) in [5.74, 6) is 1.68. The lowest BCUT2D eigenvalue weighted by molar-refractivity contribution is -0.167. The van der Waals surface area contributed by atoms with Crippen LogP contribution in [0.4, 0.5) is 0 Å². The van der Waals surface area contributed by atoms with E-state index in [1.165, 1.54) is 199 Å². The first-order chi connectivity index (χ1) is 31.1. The van der Waals surface area contributed by atoms with Gasteiger partial charge in [0.1, 0.15) is 13.2 Å². The molecule has 380 valence electrons. The summed E-state index contributed by atoms with van der Waals surface area (Å²) in [5.41, 5.74) is 0. The van der Waals surface area contributed by atoms with Gasteiger partial charge in [-0.2, -0.15) is 0 Å². The molecular weight excluding hydrogens is 793 g/mol. The van der Waals surface area contributed by atoms with Crippen LogP contribution in [0.1, 0.15) is 318 Å². The second-order valence-corrected chi connectivity index (χ2v) is 21.1. The normalized spacial score (nSPS) is 12.6. The zero-order chi connectivity index (χ0) is 47.0. The first-order valence-electron chi connectivity index (χ1n) is 28.6. The summed E-state index contributed by atoms with van der Waals surface area (Å²) < 4.78 is 16.9. The largest absolute Gasteiger partial charge is 0.462 e. The molecular formula is C58H112O6. The van der Waals surface area contributed by atoms with Gasteiger partial charge in [-0.05, 0) is 37.0 Å². The second-order valence-electron chi connectivity index (χ2n) is 21.1. The molecule has 0 bridgehead atoms. The molecule has 0 aliphatic heterocycles. The van der Waals surface area contributed by atoms with Crippen LogP contribution in [0.3, 0.4) is 0 Å². The van der Waals surface area contributed by atoms with E-state index in [0.29, 0.717) is 19.3 Å². The van der Waals surface area contributed by atoms with Crippen LogP contribution in [-0.4, -0.2) is 37.2 Å². The van der Waals surface area contributed by atoms with Crippen LogP contribution in [0, 0.1) is 17.8 Å². The molecule has 0 aromatic carbocycles. The van der Waals surface area contributed by atoms with E-state index in [2.05, 4.69) is 41.5 Å². The molecule has 0 rings (SSSR count). The van der Waals surface area contributed by atoms with Crippen LogP contribution in [0.15, 0.2) is 0 Å². The average Bonchev–Trinajstić information content (AvgIpc) is 3.27. The molecule has 0 aliphatic rings. The third-order valence-corrected chi connectivity index (χ3v) is 13.5. The van der Waals surface area contributed by atoms with Crippen molar-refractivity contribution in [3.63, 3.8) is 0 Å². The maximum atomic E-state index is 12.8. The van der Waals surface area contributed by atoms with E-state index in [1.807, 2.05) is 0 Å². The molecule has 0 aromatic heterocycles. The molecule has 0 heterocycles. The maximum absolute atomic E-state index is 12.8. The highest BCUT2D eigenvalue weighted by atomic mass is 16.6. The summed E-state index contributed by atoms with van der Waals surface area (Å²) in [5, 5.41) is 0. The Hall–Kier alpha value is -1.59. The van der Waals surface area contributed by atoms with Crippen molar-refractivity contribution in [2.75, 3.05) is 13.2 Å². The second kappa shape index (κ2) is 49.3. The van der Waals surface area contributed by atoms with Crippen molar-refractivity contribution < 1.29 is 28.6 Å². The van der Waals surface area contributed by atoms with Crippen molar-refractivity contribution in [3.05, 3.63) is 0 Å². The predicted octanol–water partition coefficient (Wildman–Crippen LogP) is 18.7. The summed E-state index contributed by atoms with van der Waals surface area (Å²) in [4.78, 5) is 38.1. The molecule has 0 amide bonds. The Morgan fingerprint density at radius 2 is 0.547 bits per heavy atom. The molecule has 6 heteroatoms. The van der Waals surface area contributed by atoms with Gasteiger partial charge in [-0.25, -0.2) is 0 Å². The highest BCUT2D eigenvalue weighted by Crippen LogP contribution is 2.19. The summed E-state index contributed by atoms with van der Waals surface area (Å²) in [6, 6.07) is 0. The Bertz CT molecular complexity index is 993. The van der Waals surface area contributed by atoms with Crippen molar-refractivity contribution >= 4 is 17.9 Å². The molecule has 0 aromatic rings. The van der Waals surface area contributed by atoms with Crippen LogP contribution in [-0.2, 0) is 28.6 Å². The van der Waals surface area contributed by atoms with Gasteiger partial charge in [0, 0.05) is 19.3 Å². The minimum atomic E-state index is -0.764. The van der Waals surface area contributed by atoms with E-state index in [0.717, 1.165) is 75.5 Å². The Morgan fingerprint density at radius 3 is 0.812 bits per heavy atom. The van der Waals surface area contributed by atoms with Gasteiger partial charge in [0.25, 0.3) is 0 Å². The van der Waals surface area contributed by atoms with Crippen LogP contribution in [0.5, 0.6) is 0 Å². The molecule has 2 atom stereocenters. The van der Waals surface area contributed by atoms with Crippen molar-refractivity contribution in [2.45, 2.75) is 324 Å². The topological polar surface area (TPSA) is 78.9 Å². The monoisotopic (exact) mass is 905 g/mol. The van der Waals surface area contributed by atoms with Crippen LogP contribution < -0.4 is 0 Å². The number of ether oxygens (including phenoxy) is 3. The molecule has 0 saturated carbocycles. The molecule has 0 radical (unpaired) electrons. The number of hydrogen-bond acceptors (Lipinski definition) is 6. The quantitative estimate of drug-likeness (QED) is 0.0344. The van der Waals surface area contributed by atoms with Crippen LogP contribution in [0.25, 0.3) is 0 Å². The molecule has 0 fully saturated rings. The molecule has 64 heavy (non-hydrogen) atoms. The lowest BCUT2D eigenvalue weighted by atomic mass is 9.99. The van der Waals surface area contributed by atoms with Crippen molar-refractivity contribution in [1.29, 1.82) is 0 Å². The fourth-order valence-electron chi connectivity index (χ4n) is 8.79. The molecule has 0 spiro atoms. The van der Waals surface area contributed by atoms with E-state index in [4.69, 9.17) is 14.2 Å². The smallest absolute Gasteiger partial charge is 0.306 e. The zero-order valence-electron chi connectivity index (χ0n) is 44.1. The Balaban J connectivity index is 4.25. The summed E-state index contributed by atoms with van der Waals surface area (Å²) in [6.07, 6.45) is 51.0. The van der Waals surface area contributed by atoms with Gasteiger partial charge in [-0.1, -0.05) is 279 Å². The van der Waals surface area contributed by atoms with E-state index in [9.17, 15) is 14.4 Å². The zero-order valence-corrected chi connectivity index (χ0v) is 44.1. The Morgan fingerprint density at radius 1 is 0.312 bits per heavy atom. The molecule has 0 saturated heterocycles. The number of rotatable bonds is 51. The first kappa shape index (κ1) is 62.4. The molecule has 0 aliphatic carbocycles. The lowest BCUT2D eigenvalue weighted by Gasteiger charge is -2.18. The van der Waals surface area contributed by atoms with E-state index >= 15 is 0 Å². The van der Waals surface area contributed by atoms with Gasteiger partial charge in [-0.15, -0.1) is 0 Å². The van der Waals surface area contributed by atoms with Gasteiger partial charge in [0.15, 0.2) is 6.10 Å². The van der Waals surface area contributed by atoms with Gasteiger partial charge in [0.05, 0.1) is 0 Å². The number of hydrogen-bond donors (Lipinski definition) is 0. The number of carbonyl (C=O) groups is 3. The van der Waals surface area contributed by atoms with Gasteiger partial charge >= 0.3 is 17.9 Å². The third-order valence-electron chi connectivity index (χ3n) is 13.5. The van der Waals surface area contributed by atoms with Crippen LogP contribution in [0.2, 0.25) is 0 Å². The SMILES string of the molecule is CCC(C)CCCCCCCCCCCCCCCCC(=O)O[C@@H](COC(=O)CCCCCCCCCCCCCCCCCC(C)C)COC(=O)CCCCCCCCCC(C)C. The van der Waals surface area contributed by atoms with Gasteiger partial charge < -0.3 is 14.2 Å². The standard InChI is InChI=1S/C58H112O6/c1-7-54(6)46-40-34-28-22-18-14-11-12-16-20-24-30-37-43-49-58(61)64-55(51-63-57(60)48-42-36-31-25-27-33-39-45-53(4)5)50-62-56(59)47-41-35-29-23-19-15-10-8-9-13-17-21-26-32-38-44-52(2)3/h52-55H,7-51H2,1-6H3/t54?,55-/m0/s1. The molecule has 0 N–H and O–H groups in total. The minimum absolute atomic E-state index is 0.0641. The fourth-order valence-corrected chi connectivity index (χ4v) is 8.79. The summed E-state index contributed by atoms with van der Waals surface area (Å²) >= 11 is 0. The number of esters is 3. The van der Waals surface area contributed by atoms with Crippen LogP contribution >= 0.6 is 0 Å².